The number of rotatable bonds is 0. The third-order valence-corrected chi connectivity index (χ3v) is 11.4. The van der Waals surface area contributed by atoms with Crippen molar-refractivity contribution in [2.75, 3.05) is 0 Å². The summed E-state index contributed by atoms with van der Waals surface area (Å²) in [5.41, 5.74) is 9.80. The molecular formula is C52H44. The Kier molecular flexibility index (Phi) is 9.54. The first kappa shape index (κ1) is 34.5. The minimum absolute atomic E-state index is 0.0500. The van der Waals surface area contributed by atoms with Gasteiger partial charge in [0.15, 0.2) is 0 Å². The van der Waals surface area contributed by atoms with Crippen LogP contribution in [0.4, 0.5) is 0 Å². The van der Waals surface area contributed by atoms with Crippen LogP contribution < -0.4 is 0 Å². The molecule has 0 fully saturated rings. The van der Waals surface area contributed by atoms with E-state index in [1.807, 2.05) is 72.8 Å². The van der Waals surface area contributed by atoms with Gasteiger partial charge in [-0.2, -0.15) is 0 Å². The Bertz CT molecular complexity index is 2170. The van der Waals surface area contributed by atoms with E-state index in [0.717, 1.165) is 47.9 Å². The van der Waals surface area contributed by atoms with Crippen LogP contribution in [0.3, 0.4) is 0 Å². The first-order valence-corrected chi connectivity index (χ1v) is 18.3. The second-order valence-corrected chi connectivity index (χ2v) is 15.5. The van der Waals surface area contributed by atoms with Crippen LogP contribution in [-0.4, -0.2) is 0 Å². The van der Waals surface area contributed by atoms with Gasteiger partial charge >= 0.3 is 0 Å². The molecule has 4 aliphatic rings. The van der Waals surface area contributed by atoms with Crippen LogP contribution in [0.25, 0.3) is 0 Å². The zero-order chi connectivity index (χ0) is 36.1. The number of hydrogen-bond donors (Lipinski definition) is 0. The van der Waals surface area contributed by atoms with E-state index < -0.39 is 0 Å². The molecule has 0 heterocycles. The number of fused-ring (bicyclic) bond motifs is 2. The van der Waals surface area contributed by atoms with E-state index in [2.05, 4.69) is 148 Å². The smallest absolute Gasteiger partial charge is 0.0248 e. The predicted octanol–water partition coefficient (Wildman–Crippen LogP) is 11.5. The summed E-state index contributed by atoms with van der Waals surface area (Å²) in [6.07, 6.45) is 13.5. The van der Waals surface area contributed by atoms with Crippen molar-refractivity contribution in [1.82, 2.24) is 0 Å². The van der Waals surface area contributed by atoms with E-state index in [1.54, 1.807) is 0 Å². The van der Waals surface area contributed by atoms with Gasteiger partial charge in [-0.25, -0.2) is 0 Å². The van der Waals surface area contributed by atoms with E-state index in [1.165, 1.54) is 22.3 Å². The van der Waals surface area contributed by atoms with E-state index in [9.17, 15) is 0 Å². The van der Waals surface area contributed by atoms with Gasteiger partial charge in [-0.1, -0.05) is 172 Å². The molecule has 0 spiro atoms. The summed E-state index contributed by atoms with van der Waals surface area (Å²) in [7, 11) is 0. The molecule has 0 amide bonds. The summed E-state index contributed by atoms with van der Waals surface area (Å²) in [4.78, 5) is 0. The molecule has 52 heavy (non-hydrogen) atoms. The minimum Gasteiger partial charge on any atom is -0.0664 e. The molecule has 2 atom stereocenters. The Morgan fingerprint density at radius 1 is 0.327 bits per heavy atom. The molecule has 4 aromatic rings. The summed E-state index contributed by atoms with van der Waals surface area (Å²) in [5.74, 6) is 26.8. The van der Waals surface area contributed by atoms with Crippen LogP contribution >= 0.6 is 0 Å². The molecule has 0 aromatic heterocycles. The van der Waals surface area contributed by atoms with Crippen molar-refractivity contribution in [2.24, 2.45) is 21.7 Å². The Balaban J connectivity index is 0.000000162. The molecule has 4 aromatic carbocycles. The van der Waals surface area contributed by atoms with Crippen LogP contribution in [0.1, 0.15) is 75.6 Å². The lowest BCUT2D eigenvalue weighted by Gasteiger charge is -2.33. The van der Waals surface area contributed by atoms with Gasteiger partial charge in [-0.3, -0.25) is 0 Å². The molecule has 0 nitrogen and oxygen atoms in total. The van der Waals surface area contributed by atoms with Crippen LogP contribution in [0.2, 0.25) is 0 Å². The van der Waals surface area contributed by atoms with E-state index >= 15 is 0 Å². The minimum atomic E-state index is 0.0500. The molecular weight excluding hydrogens is 625 g/mol. The zero-order valence-electron chi connectivity index (χ0n) is 30.7. The first-order chi connectivity index (χ1) is 25.1. The highest BCUT2D eigenvalue weighted by molar-refractivity contribution is 5.53. The fourth-order valence-electron chi connectivity index (χ4n) is 8.02. The number of benzene rings is 4. The summed E-state index contributed by atoms with van der Waals surface area (Å²) in [6, 6.07) is 40.8. The van der Waals surface area contributed by atoms with E-state index in [0.29, 0.717) is 0 Å². The number of allylic oxidation sites excluding steroid dienone is 8. The van der Waals surface area contributed by atoms with Crippen LogP contribution in [0.5, 0.6) is 0 Å². The highest BCUT2D eigenvalue weighted by Crippen LogP contribution is 2.60. The van der Waals surface area contributed by atoms with Crippen molar-refractivity contribution in [3.8, 4) is 47.4 Å². The molecule has 4 aliphatic carbocycles. The summed E-state index contributed by atoms with van der Waals surface area (Å²) < 4.78 is 0. The van der Waals surface area contributed by atoms with Gasteiger partial charge < -0.3 is 0 Å². The van der Waals surface area contributed by atoms with Crippen molar-refractivity contribution in [3.63, 3.8) is 0 Å². The molecule has 0 heteroatoms. The SMILES string of the molecule is CC12C=C(C#Cc3ccccc3)CC1(C)C=C(C#Cc1ccccc1)C2.CC12C=C(C#Cc3ccccc3)CC1(C)CC(C#Cc1ccccc1)=C2. The fourth-order valence-corrected chi connectivity index (χ4v) is 8.02. The molecule has 2 unspecified atom stereocenters. The van der Waals surface area contributed by atoms with Crippen molar-refractivity contribution in [2.45, 2.75) is 53.4 Å². The fraction of sp³-hybridized carbons (Fsp3) is 0.231. The highest BCUT2D eigenvalue weighted by Gasteiger charge is 2.51. The summed E-state index contributed by atoms with van der Waals surface area (Å²) >= 11 is 0. The molecule has 0 aliphatic heterocycles. The maximum atomic E-state index is 3.40. The van der Waals surface area contributed by atoms with Gasteiger partial charge in [-0.15, -0.1) is 0 Å². The average Bonchev–Trinajstić information content (AvgIpc) is 3.74. The zero-order valence-corrected chi connectivity index (χ0v) is 30.7. The Hall–Kier alpha value is -5.92. The van der Waals surface area contributed by atoms with Crippen molar-refractivity contribution in [3.05, 3.63) is 190 Å². The van der Waals surface area contributed by atoms with Crippen LogP contribution in [0.15, 0.2) is 168 Å². The van der Waals surface area contributed by atoms with Crippen LogP contribution in [-0.2, 0) is 0 Å². The lowest BCUT2D eigenvalue weighted by atomic mass is 9.70. The van der Waals surface area contributed by atoms with Crippen molar-refractivity contribution in [1.29, 1.82) is 0 Å². The van der Waals surface area contributed by atoms with Gasteiger partial charge in [0.2, 0.25) is 0 Å². The van der Waals surface area contributed by atoms with E-state index in [-0.39, 0.29) is 21.7 Å². The summed E-state index contributed by atoms with van der Waals surface area (Å²) in [5, 5.41) is 0. The Morgan fingerprint density at radius 2 is 0.596 bits per heavy atom. The van der Waals surface area contributed by atoms with Gasteiger partial charge in [0, 0.05) is 38.5 Å². The standard InChI is InChI=1S/2C26H22/c2*1-25-17-23(15-13-21-9-5-3-6-10-21)19-26(25,2)20-24(18-25)16-14-22-11-7-4-8-12-22/h3-12,17,20H,18-19H2,1-2H3;3-12,17-18H,19-20H2,1-2H3. The average molecular weight is 669 g/mol. The molecule has 0 N–H and O–H groups in total. The molecule has 0 radical (unpaired) electrons. The number of hydrogen-bond acceptors (Lipinski definition) is 0. The van der Waals surface area contributed by atoms with Gasteiger partial charge in [0.05, 0.1) is 0 Å². The second kappa shape index (κ2) is 14.4. The molecule has 252 valence electrons. The van der Waals surface area contributed by atoms with Gasteiger partial charge in [0.1, 0.15) is 0 Å². The van der Waals surface area contributed by atoms with E-state index in [4.69, 9.17) is 0 Å². The monoisotopic (exact) mass is 668 g/mol. The topological polar surface area (TPSA) is 0 Å². The van der Waals surface area contributed by atoms with Crippen LogP contribution in [0, 0.1) is 69.0 Å². The van der Waals surface area contributed by atoms with Crippen molar-refractivity contribution >= 4 is 0 Å². The highest BCUT2D eigenvalue weighted by atomic mass is 14.5. The largest absolute Gasteiger partial charge is 0.0664 e. The lowest BCUT2D eigenvalue weighted by molar-refractivity contribution is 0.216. The third kappa shape index (κ3) is 7.55. The quantitative estimate of drug-likeness (QED) is 0.164. The van der Waals surface area contributed by atoms with Gasteiger partial charge in [-0.05, 0) is 102 Å². The third-order valence-electron chi connectivity index (χ3n) is 11.4. The van der Waals surface area contributed by atoms with Crippen molar-refractivity contribution < 1.29 is 0 Å². The molecule has 0 bridgehead atoms. The summed E-state index contributed by atoms with van der Waals surface area (Å²) in [6.45, 7) is 9.38. The Labute approximate surface area is 311 Å². The molecule has 0 saturated heterocycles. The first-order valence-electron chi connectivity index (χ1n) is 18.3. The predicted molar refractivity (Wildman–Crippen MR) is 217 cm³/mol. The molecule has 0 saturated carbocycles. The maximum Gasteiger partial charge on any atom is 0.0248 e. The Morgan fingerprint density at radius 3 is 0.865 bits per heavy atom. The normalized spacial score (nSPS) is 25.9. The second-order valence-electron chi connectivity index (χ2n) is 15.5. The molecule has 8 rings (SSSR count). The van der Waals surface area contributed by atoms with Gasteiger partial charge in [0.25, 0.3) is 0 Å². The maximum absolute atomic E-state index is 3.40. The lowest BCUT2D eigenvalue weighted by Crippen LogP contribution is -2.26.